The number of nitrogens with zero attached hydrogens (tertiary/aromatic N) is 3. The molecule has 11 heteroatoms. The van der Waals surface area contributed by atoms with Gasteiger partial charge in [-0.2, -0.15) is 0 Å². The Bertz CT molecular complexity index is 1090. The quantitative estimate of drug-likeness (QED) is 0.555. The molecule has 1 aromatic heterocycles. The van der Waals surface area contributed by atoms with Crippen molar-refractivity contribution >= 4 is 40.8 Å². The Morgan fingerprint density at radius 1 is 1.29 bits per heavy atom. The first-order chi connectivity index (χ1) is 16.0. The van der Waals surface area contributed by atoms with E-state index in [1.807, 2.05) is 11.0 Å². The molecule has 0 bridgehead atoms. The van der Waals surface area contributed by atoms with Crippen molar-refractivity contribution in [3.05, 3.63) is 46.6 Å². The fourth-order valence-corrected chi connectivity index (χ4v) is 4.05. The number of aliphatic hydroxyl groups is 2. The van der Waals surface area contributed by atoms with Crippen LogP contribution in [0.1, 0.15) is 36.7 Å². The first-order valence-electron chi connectivity index (χ1n) is 10.9. The van der Waals surface area contributed by atoms with E-state index in [0.717, 1.165) is 10.6 Å². The number of carbonyl (C=O) groups excluding carboxylic acids is 2. The van der Waals surface area contributed by atoms with Gasteiger partial charge in [0.15, 0.2) is 6.29 Å². The Labute approximate surface area is 202 Å². The molecule has 2 aliphatic heterocycles. The van der Waals surface area contributed by atoms with Gasteiger partial charge >= 0.3 is 6.09 Å². The topological polar surface area (TPSA) is 124 Å². The molecule has 2 aromatic rings. The van der Waals surface area contributed by atoms with Gasteiger partial charge in [0.25, 0.3) is 5.91 Å². The van der Waals surface area contributed by atoms with Gasteiger partial charge in [-0.3, -0.25) is 4.79 Å². The normalized spacial score (nSPS) is 18.3. The summed E-state index contributed by atoms with van der Waals surface area (Å²) in [5, 5.41) is 22.3. The number of benzene rings is 1. The second-order valence-corrected chi connectivity index (χ2v) is 9.52. The number of rotatable bonds is 4. The molecule has 2 aliphatic rings. The van der Waals surface area contributed by atoms with Crippen LogP contribution >= 0.6 is 11.6 Å². The fraction of sp³-hybridized carbons (Fsp3) is 0.435. The Morgan fingerprint density at radius 3 is 2.71 bits per heavy atom. The molecule has 0 saturated carbocycles. The van der Waals surface area contributed by atoms with Gasteiger partial charge in [-0.1, -0.05) is 11.6 Å². The van der Waals surface area contributed by atoms with Crippen LogP contribution in [-0.4, -0.2) is 69.8 Å². The van der Waals surface area contributed by atoms with Crippen LogP contribution in [0.3, 0.4) is 0 Å². The summed E-state index contributed by atoms with van der Waals surface area (Å²) < 4.78 is 10.7. The van der Waals surface area contributed by atoms with Crippen LogP contribution in [0.4, 0.5) is 22.0 Å². The highest BCUT2D eigenvalue weighted by Gasteiger charge is 2.38. The number of imide groups is 1. The van der Waals surface area contributed by atoms with Crippen molar-refractivity contribution in [3.8, 4) is 0 Å². The average molecular weight is 491 g/mol. The Balaban J connectivity index is 1.52. The molecule has 3 heterocycles. The number of fused-ring (bicyclic) bond motifs is 1. The number of hydrogen-bond acceptors (Lipinski definition) is 9. The third-order valence-electron chi connectivity index (χ3n) is 5.45. The van der Waals surface area contributed by atoms with E-state index in [-0.39, 0.29) is 6.54 Å². The Hall–Kier alpha value is -2.92. The number of hydrogen-bond donors (Lipinski definition) is 3. The van der Waals surface area contributed by atoms with Crippen molar-refractivity contribution in [1.82, 2.24) is 9.88 Å². The number of morpholine rings is 1. The summed E-state index contributed by atoms with van der Waals surface area (Å²) in [6.45, 7) is 6.52. The van der Waals surface area contributed by atoms with Gasteiger partial charge in [0.2, 0.25) is 0 Å². The number of amides is 2. The molecule has 0 spiro atoms. The monoisotopic (exact) mass is 490 g/mol. The summed E-state index contributed by atoms with van der Waals surface area (Å²) in [7, 11) is 0. The summed E-state index contributed by atoms with van der Waals surface area (Å²) in [5.41, 5.74) is 1.38. The molecule has 1 fully saturated rings. The van der Waals surface area contributed by atoms with Crippen LogP contribution in [0.25, 0.3) is 0 Å². The van der Waals surface area contributed by atoms with Crippen molar-refractivity contribution < 1.29 is 29.3 Å². The molecule has 10 nitrogen and oxygen atoms in total. The van der Waals surface area contributed by atoms with E-state index in [4.69, 9.17) is 21.1 Å². The van der Waals surface area contributed by atoms with Gasteiger partial charge in [0.1, 0.15) is 17.5 Å². The van der Waals surface area contributed by atoms with E-state index in [2.05, 4.69) is 10.3 Å². The van der Waals surface area contributed by atoms with Gasteiger partial charge in [-0.25, -0.2) is 14.7 Å². The SMILES string of the molecule is CC(C)(C)OC(=O)N1Cc2c(Cl)ccc(Nc3ccc(N4CCOC(C(O)O)C4)cn3)c2C1=O. The predicted molar refractivity (Wildman–Crippen MR) is 125 cm³/mol. The lowest BCUT2D eigenvalue weighted by atomic mass is 10.1. The lowest BCUT2D eigenvalue weighted by Crippen LogP contribution is -2.47. The molecule has 34 heavy (non-hydrogen) atoms. The molecule has 4 rings (SSSR count). The number of anilines is 3. The summed E-state index contributed by atoms with van der Waals surface area (Å²) in [6, 6.07) is 6.92. The number of carbonyl (C=O) groups is 2. The smallest absolute Gasteiger partial charge is 0.417 e. The summed E-state index contributed by atoms with van der Waals surface area (Å²) in [6.07, 6.45) is -1.32. The van der Waals surface area contributed by atoms with Gasteiger partial charge in [0.05, 0.1) is 36.3 Å². The molecule has 2 amide bonds. The van der Waals surface area contributed by atoms with Gasteiger partial charge < -0.3 is 29.9 Å². The maximum Gasteiger partial charge on any atom is 0.417 e. The zero-order chi connectivity index (χ0) is 24.6. The number of ether oxygens (including phenoxy) is 2. The van der Waals surface area contributed by atoms with Gasteiger partial charge in [-0.05, 0) is 45.0 Å². The van der Waals surface area contributed by atoms with Crippen molar-refractivity contribution in [1.29, 1.82) is 0 Å². The minimum absolute atomic E-state index is 0.0265. The minimum Gasteiger partial charge on any atom is -0.443 e. The van der Waals surface area contributed by atoms with Crippen LogP contribution in [0.15, 0.2) is 30.5 Å². The van der Waals surface area contributed by atoms with E-state index >= 15 is 0 Å². The fourth-order valence-electron chi connectivity index (χ4n) is 3.83. The highest BCUT2D eigenvalue weighted by molar-refractivity contribution is 6.32. The lowest BCUT2D eigenvalue weighted by Gasteiger charge is -2.34. The van der Waals surface area contributed by atoms with E-state index in [9.17, 15) is 19.8 Å². The number of aliphatic hydroxyl groups excluding tert-OH is 1. The van der Waals surface area contributed by atoms with Gasteiger partial charge in [-0.15, -0.1) is 0 Å². The maximum absolute atomic E-state index is 13.1. The van der Waals surface area contributed by atoms with E-state index in [0.29, 0.717) is 47.4 Å². The number of pyridine rings is 1. The largest absolute Gasteiger partial charge is 0.443 e. The van der Waals surface area contributed by atoms with Crippen LogP contribution in [0, 0.1) is 0 Å². The minimum atomic E-state index is -1.55. The maximum atomic E-state index is 13.1. The summed E-state index contributed by atoms with van der Waals surface area (Å²) >= 11 is 6.33. The Kier molecular flexibility index (Phi) is 6.68. The second-order valence-electron chi connectivity index (χ2n) is 9.12. The third-order valence-corrected chi connectivity index (χ3v) is 5.80. The summed E-state index contributed by atoms with van der Waals surface area (Å²) in [5.74, 6) is -0.00316. The van der Waals surface area contributed by atoms with Crippen LogP contribution in [-0.2, 0) is 16.0 Å². The highest BCUT2D eigenvalue weighted by atomic mass is 35.5. The van der Waals surface area contributed by atoms with Crippen LogP contribution in [0.5, 0.6) is 0 Å². The van der Waals surface area contributed by atoms with E-state index in [1.165, 1.54) is 0 Å². The first-order valence-corrected chi connectivity index (χ1v) is 11.2. The van der Waals surface area contributed by atoms with Crippen LogP contribution < -0.4 is 10.2 Å². The molecule has 0 radical (unpaired) electrons. The van der Waals surface area contributed by atoms with E-state index in [1.54, 1.807) is 45.2 Å². The van der Waals surface area contributed by atoms with Gasteiger partial charge in [0, 0.05) is 23.7 Å². The molecule has 3 N–H and O–H groups in total. The molecular weight excluding hydrogens is 464 g/mol. The molecule has 1 atom stereocenters. The van der Waals surface area contributed by atoms with Crippen molar-refractivity contribution in [3.63, 3.8) is 0 Å². The van der Waals surface area contributed by atoms with Crippen molar-refractivity contribution in [2.24, 2.45) is 0 Å². The molecule has 1 saturated heterocycles. The van der Waals surface area contributed by atoms with Crippen molar-refractivity contribution in [2.45, 2.75) is 45.3 Å². The third kappa shape index (κ3) is 5.10. The van der Waals surface area contributed by atoms with Crippen LogP contribution in [0.2, 0.25) is 5.02 Å². The molecule has 0 aliphatic carbocycles. The standard InChI is InChI=1S/C23H27ClN4O6/c1-23(2,3)34-22(32)28-11-14-15(24)5-6-16(19(14)20(28)29)26-18-7-4-13(10-25-18)27-8-9-33-17(12-27)21(30)31/h4-7,10,17,21,30-31H,8-9,11-12H2,1-3H3,(H,25,26). The number of aromatic nitrogens is 1. The lowest BCUT2D eigenvalue weighted by molar-refractivity contribution is -0.147. The zero-order valence-corrected chi connectivity index (χ0v) is 19.9. The number of nitrogens with one attached hydrogen (secondary N) is 1. The molecule has 182 valence electrons. The predicted octanol–water partition coefficient (Wildman–Crippen LogP) is 2.89. The second kappa shape index (κ2) is 9.38. The zero-order valence-electron chi connectivity index (χ0n) is 19.1. The van der Waals surface area contributed by atoms with Crippen molar-refractivity contribution in [2.75, 3.05) is 29.9 Å². The molecule has 1 unspecified atom stereocenters. The van der Waals surface area contributed by atoms with E-state index < -0.39 is 30.0 Å². The first kappa shape index (κ1) is 24.2. The Morgan fingerprint density at radius 2 is 2.06 bits per heavy atom. The molecular formula is C23H27ClN4O6. The summed E-state index contributed by atoms with van der Waals surface area (Å²) in [4.78, 5) is 33.0. The highest BCUT2D eigenvalue weighted by Crippen LogP contribution is 2.36. The average Bonchev–Trinajstić information content (AvgIpc) is 3.14. The number of halogens is 1. The molecule has 1 aromatic carbocycles.